The van der Waals surface area contributed by atoms with Crippen molar-refractivity contribution in [1.82, 2.24) is 9.78 Å². The predicted octanol–water partition coefficient (Wildman–Crippen LogP) is 3.15. The van der Waals surface area contributed by atoms with Crippen LogP contribution >= 0.6 is 15.9 Å². The lowest BCUT2D eigenvalue weighted by atomic mass is 10.2. The molecule has 2 aromatic rings. The molecular weight excluding hydrogens is 314 g/mol. The average Bonchev–Trinajstić information content (AvgIpc) is 2.85. The first kappa shape index (κ1) is 13.5. The van der Waals surface area contributed by atoms with E-state index >= 15 is 0 Å². The lowest BCUT2D eigenvalue weighted by molar-refractivity contribution is -0.384. The average molecular weight is 326 g/mol. The van der Waals surface area contributed by atoms with Crippen LogP contribution in [0.1, 0.15) is 12.5 Å². The number of nitrogens with zero attached hydrogens (tertiary/aromatic N) is 3. The zero-order chi connectivity index (χ0) is 13.8. The summed E-state index contributed by atoms with van der Waals surface area (Å²) in [7, 11) is 0. The van der Waals surface area contributed by atoms with Crippen molar-refractivity contribution in [3.05, 3.63) is 50.7 Å². The molecule has 1 aromatic carbocycles. The second-order valence-electron chi connectivity index (χ2n) is 3.85. The molecule has 0 atom stereocenters. The molecule has 0 spiro atoms. The van der Waals surface area contributed by atoms with Crippen molar-refractivity contribution in [2.45, 2.75) is 20.1 Å². The molecule has 1 heterocycles. The Morgan fingerprint density at radius 3 is 2.89 bits per heavy atom. The van der Waals surface area contributed by atoms with Crippen molar-refractivity contribution in [3.8, 4) is 5.75 Å². The fourth-order valence-electron chi connectivity index (χ4n) is 1.52. The maximum absolute atomic E-state index is 10.6. The first-order valence-electron chi connectivity index (χ1n) is 5.68. The molecular formula is C12H12BrN3O3. The summed E-state index contributed by atoms with van der Waals surface area (Å²) in [6.07, 6.45) is 3.45. The molecule has 7 heteroatoms. The zero-order valence-corrected chi connectivity index (χ0v) is 11.8. The number of aryl methyl sites for hydroxylation is 1. The Morgan fingerprint density at radius 2 is 2.32 bits per heavy atom. The van der Waals surface area contributed by atoms with E-state index in [4.69, 9.17) is 4.74 Å². The van der Waals surface area contributed by atoms with E-state index in [0.717, 1.165) is 12.1 Å². The van der Waals surface area contributed by atoms with E-state index in [2.05, 4.69) is 21.0 Å². The van der Waals surface area contributed by atoms with Gasteiger partial charge in [-0.3, -0.25) is 14.8 Å². The topological polar surface area (TPSA) is 70.2 Å². The molecule has 19 heavy (non-hydrogen) atoms. The standard InChI is InChI=1S/C12H12BrN3O3/c1-2-15-7-11(6-14-15)19-8-9-3-4-10(16(17)18)5-12(9)13/h3-7H,2,8H2,1H3. The highest BCUT2D eigenvalue weighted by molar-refractivity contribution is 9.10. The number of benzene rings is 1. The van der Waals surface area contributed by atoms with Gasteiger partial charge in [0.25, 0.3) is 5.69 Å². The smallest absolute Gasteiger partial charge is 0.270 e. The first-order valence-corrected chi connectivity index (χ1v) is 6.47. The minimum Gasteiger partial charge on any atom is -0.486 e. The van der Waals surface area contributed by atoms with Gasteiger partial charge in [0.1, 0.15) is 6.61 Å². The van der Waals surface area contributed by atoms with Crippen LogP contribution in [0.2, 0.25) is 0 Å². The van der Waals surface area contributed by atoms with Gasteiger partial charge >= 0.3 is 0 Å². The SMILES string of the molecule is CCn1cc(OCc2ccc([N+](=O)[O-])cc2Br)cn1. The van der Waals surface area contributed by atoms with E-state index in [9.17, 15) is 10.1 Å². The summed E-state index contributed by atoms with van der Waals surface area (Å²) < 4.78 is 7.99. The van der Waals surface area contributed by atoms with Crippen molar-refractivity contribution in [1.29, 1.82) is 0 Å². The van der Waals surface area contributed by atoms with E-state index < -0.39 is 4.92 Å². The van der Waals surface area contributed by atoms with Crippen LogP contribution in [0.25, 0.3) is 0 Å². The van der Waals surface area contributed by atoms with Crippen LogP contribution in [-0.2, 0) is 13.2 Å². The first-order chi connectivity index (χ1) is 9.10. The molecule has 0 N–H and O–H groups in total. The number of aromatic nitrogens is 2. The van der Waals surface area contributed by atoms with Crippen LogP contribution in [0, 0.1) is 10.1 Å². The van der Waals surface area contributed by atoms with Gasteiger partial charge in [-0.2, -0.15) is 5.10 Å². The quantitative estimate of drug-likeness (QED) is 0.625. The van der Waals surface area contributed by atoms with Crippen molar-refractivity contribution < 1.29 is 9.66 Å². The summed E-state index contributed by atoms with van der Waals surface area (Å²) in [6, 6.07) is 4.60. The highest BCUT2D eigenvalue weighted by atomic mass is 79.9. The van der Waals surface area contributed by atoms with Crippen LogP contribution in [0.4, 0.5) is 5.69 Å². The number of hydrogen-bond acceptors (Lipinski definition) is 4. The van der Waals surface area contributed by atoms with Gasteiger partial charge in [-0.15, -0.1) is 0 Å². The molecule has 0 saturated heterocycles. The number of ether oxygens (including phenoxy) is 1. The summed E-state index contributed by atoms with van der Waals surface area (Å²) in [4.78, 5) is 10.2. The third kappa shape index (κ3) is 3.31. The van der Waals surface area contributed by atoms with Gasteiger partial charge in [0.2, 0.25) is 0 Å². The highest BCUT2D eigenvalue weighted by Gasteiger charge is 2.09. The minimum absolute atomic E-state index is 0.0504. The van der Waals surface area contributed by atoms with Gasteiger partial charge in [-0.1, -0.05) is 15.9 Å². The van der Waals surface area contributed by atoms with Crippen LogP contribution in [0.5, 0.6) is 5.75 Å². The van der Waals surface area contributed by atoms with Crippen molar-refractivity contribution in [3.63, 3.8) is 0 Å². The Bertz CT molecular complexity index is 598. The van der Waals surface area contributed by atoms with Gasteiger partial charge in [0, 0.05) is 28.7 Å². The number of nitro groups is 1. The molecule has 2 rings (SSSR count). The summed E-state index contributed by atoms with van der Waals surface area (Å²) in [5, 5.41) is 14.7. The predicted molar refractivity (Wildman–Crippen MR) is 73.0 cm³/mol. The normalized spacial score (nSPS) is 10.4. The minimum atomic E-state index is -0.430. The van der Waals surface area contributed by atoms with E-state index in [1.54, 1.807) is 23.1 Å². The van der Waals surface area contributed by atoms with Crippen LogP contribution in [0.15, 0.2) is 35.1 Å². The third-order valence-electron chi connectivity index (χ3n) is 2.58. The monoisotopic (exact) mass is 325 g/mol. The zero-order valence-electron chi connectivity index (χ0n) is 10.2. The molecule has 0 unspecified atom stereocenters. The maximum Gasteiger partial charge on any atom is 0.270 e. The molecule has 0 radical (unpaired) electrons. The van der Waals surface area contributed by atoms with E-state index in [0.29, 0.717) is 16.8 Å². The Morgan fingerprint density at radius 1 is 1.53 bits per heavy atom. The number of hydrogen-bond donors (Lipinski definition) is 0. The third-order valence-corrected chi connectivity index (χ3v) is 3.31. The van der Waals surface area contributed by atoms with Gasteiger partial charge in [0.05, 0.1) is 17.3 Å². The second kappa shape index (κ2) is 5.83. The molecule has 0 bridgehead atoms. The molecule has 100 valence electrons. The number of nitro benzene ring substituents is 1. The van der Waals surface area contributed by atoms with Crippen molar-refractivity contribution in [2.75, 3.05) is 0 Å². The van der Waals surface area contributed by atoms with Crippen LogP contribution in [0.3, 0.4) is 0 Å². The van der Waals surface area contributed by atoms with Crippen LogP contribution < -0.4 is 4.74 Å². The lowest BCUT2D eigenvalue weighted by Gasteiger charge is -2.05. The molecule has 0 saturated carbocycles. The number of non-ortho nitro benzene ring substituents is 1. The number of halogens is 1. The Kier molecular flexibility index (Phi) is 4.16. The van der Waals surface area contributed by atoms with E-state index in [-0.39, 0.29) is 5.69 Å². The lowest BCUT2D eigenvalue weighted by Crippen LogP contribution is -1.97. The Labute approximate surface area is 118 Å². The van der Waals surface area contributed by atoms with Gasteiger partial charge < -0.3 is 4.74 Å². The van der Waals surface area contributed by atoms with Gasteiger partial charge in [-0.25, -0.2) is 0 Å². The van der Waals surface area contributed by atoms with E-state index in [1.807, 2.05) is 6.92 Å². The molecule has 0 aliphatic rings. The Hall–Kier alpha value is -1.89. The molecule has 0 aliphatic carbocycles. The van der Waals surface area contributed by atoms with Gasteiger partial charge in [-0.05, 0) is 13.0 Å². The summed E-state index contributed by atoms with van der Waals surface area (Å²) in [6.45, 7) is 3.10. The summed E-state index contributed by atoms with van der Waals surface area (Å²) >= 11 is 3.30. The molecule has 6 nitrogen and oxygen atoms in total. The molecule has 1 aromatic heterocycles. The van der Waals surface area contributed by atoms with E-state index in [1.165, 1.54) is 12.1 Å². The fourth-order valence-corrected chi connectivity index (χ4v) is 2.00. The summed E-state index contributed by atoms with van der Waals surface area (Å²) in [5.41, 5.74) is 0.893. The summed E-state index contributed by atoms with van der Waals surface area (Å²) in [5.74, 6) is 0.673. The largest absolute Gasteiger partial charge is 0.486 e. The van der Waals surface area contributed by atoms with Crippen molar-refractivity contribution in [2.24, 2.45) is 0 Å². The van der Waals surface area contributed by atoms with Crippen LogP contribution in [-0.4, -0.2) is 14.7 Å². The molecule has 0 amide bonds. The van der Waals surface area contributed by atoms with Crippen molar-refractivity contribution >= 4 is 21.6 Å². The van der Waals surface area contributed by atoms with Gasteiger partial charge in [0.15, 0.2) is 5.75 Å². The molecule has 0 fully saturated rings. The highest BCUT2D eigenvalue weighted by Crippen LogP contribution is 2.24. The number of rotatable bonds is 5. The molecule has 0 aliphatic heterocycles. The Balaban J connectivity index is 2.05. The fraction of sp³-hybridized carbons (Fsp3) is 0.250. The second-order valence-corrected chi connectivity index (χ2v) is 4.71. The maximum atomic E-state index is 10.6.